The lowest BCUT2D eigenvalue weighted by molar-refractivity contribution is -0.276. The van der Waals surface area contributed by atoms with Crippen LogP contribution in [0.25, 0.3) is 0 Å². The first-order chi connectivity index (χ1) is 12.3. The van der Waals surface area contributed by atoms with Crippen molar-refractivity contribution in [3.05, 3.63) is 17.0 Å². The van der Waals surface area contributed by atoms with E-state index in [2.05, 4.69) is 25.9 Å². The summed E-state index contributed by atoms with van der Waals surface area (Å²) >= 11 is 0. The molecule has 1 aliphatic heterocycles. The summed E-state index contributed by atoms with van der Waals surface area (Å²) in [7, 11) is 3.44. The summed E-state index contributed by atoms with van der Waals surface area (Å²) in [4.78, 5) is 4.89. The minimum atomic E-state index is -0.456. The maximum absolute atomic E-state index is 6.17. The average Bonchev–Trinajstić information content (AvgIpc) is 3.18. The third kappa shape index (κ3) is 2.13. The van der Waals surface area contributed by atoms with E-state index in [1.165, 1.54) is 12.7 Å². The molecular weight excluding hydrogens is 332 g/mol. The molecule has 0 amide bonds. The van der Waals surface area contributed by atoms with Crippen LogP contribution in [0.15, 0.2) is 5.16 Å². The highest BCUT2D eigenvalue weighted by molar-refractivity contribution is 5.97. The highest BCUT2D eigenvalue weighted by Crippen LogP contribution is 2.62. The van der Waals surface area contributed by atoms with E-state index in [1.807, 2.05) is 11.7 Å². The van der Waals surface area contributed by atoms with Gasteiger partial charge in [0.1, 0.15) is 12.8 Å². The molecule has 2 aliphatic carbocycles. The quantitative estimate of drug-likeness (QED) is 0.495. The number of hydrogen-bond acceptors (Lipinski definition) is 5. The van der Waals surface area contributed by atoms with E-state index >= 15 is 0 Å². The Morgan fingerprint density at radius 3 is 2.62 bits per heavy atom. The Morgan fingerprint density at radius 2 is 1.96 bits per heavy atom. The summed E-state index contributed by atoms with van der Waals surface area (Å²) in [6.07, 6.45) is 3.87. The second kappa shape index (κ2) is 5.70. The van der Waals surface area contributed by atoms with Crippen LogP contribution < -0.4 is 5.73 Å². The summed E-state index contributed by atoms with van der Waals surface area (Å²) in [6, 6.07) is 0. The lowest BCUT2D eigenvalue weighted by Gasteiger charge is -2.59. The number of rotatable bonds is 2. The zero-order valence-electron chi connectivity index (χ0n) is 16.5. The van der Waals surface area contributed by atoms with E-state index in [0.717, 1.165) is 37.1 Å². The van der Waals surface area contributed by atoms with Crippen LogP contribution in [0.3, 0.4) is 0 Å². The van der Waals surface area contributed by atoms with Crippen molar-refractivity contribution in [1.29, 1.82) is 0 Å². The lowest BCUT2D eigenvalue weighted by atomic mass is 9.49. The highest BCUT2D eigenvalue weighted by Gasteiger charge is 2.64. The summed E-state index contributed by atoms with van der Waals surface area (Å²) in [6.45, 7) is 8.33. The van der Waals surface area contributed by atoms with E-state index < -0.39 is 5.79 Å². The largest absolute Gasteiger partial charge is 0.397 e. The first-order valence-corrected chi connectivity index (χ1v) is 9.48. The van der Waals surface area contributed by atoms with E-state index in [9.17, 15) is 0 Å². The van der Waals surface area contributed by atoms with Gasteiger partial charge in [0.15, 0.2) is 11.6 Å². The monoisotopic (exact) mass is 362 g/mol. The Balaban J connectivity index is 1.80. The molecule has 1 saturated carbocycles. The third-order valence-electron chi connectivity index (χ3n) is 7.15. The molecule has 26 heavy (non-hydrogen) atoms. The Bertz CT molecular complexity index is 748. The number of aromatic nitrogens is 2. The average molecular weight is 362 g/mol. The van der Waals surface area contributed by atoms with Gasteiger partial charge in [-0.15, -0.1) is 0 Å². The molecular formula is C19H30N4O3. The number of hydrogen-bond donors (Lipinski definition) is 1. The van der Waals surface area contributed by atoms with Crippen LogP contribution in [0.5, 0.6) is 0 Å². The molecule has 144 valence electrons. The first-order valence-electron chi connectivity index (χ1n) is 9.48. The molecule has 0 aromatic carbocycles. The highest BCUT2D eigenvalue weighted by atomic mass is 16.7. The number of oxime groups is 1. The van der Waals surface area contributed by atoms with Crippen molar-refractivity contribution in [3.63, 3.8) is 0 Å². The van der Waals surface area contributed by atoms with Crippen LogP contribution >= 0.6 is 0 Å². The van der Waals surface area contributed by atoms with Crippen LogP contribution in [0, 0.1) is 11.3 Å². The Labute approximate surface area is 154 Å². The van der Waals surface area contributed by atoms with Gasteiger partial charge in [0.05, 0.1) is 18.9 Å². The van der Waals surface area contributed by atoms with Gasteiger partial charge in [-0.25, -0.2) is 0 Å². The molecule has 1 spiro atoms. The van der Waals surface area contributed by atoms with Crippen molar-refractivity contribution in [2.45, 2.75) is 57.7 Å². The van der Waals surface area contributed by atoms with E-state index in [1.54, 1.807) is 0 Å². The van der Waals surface area contributed by atoms with Crippen LogP contribution in [0.2, 0.25) is 0 Å². The molecule has 0 radical (unpaired) electrons. The van der Waals surface area contributed by atoms with Gasteiger partial charge < -0.3 is 20.0 Å². The van der Waals surface area contributed by atoms with Gasteiger partial charge in [0.25, 0.3) is 0 Å². The van der Waals surface area contributed by atoms with E-state index in [0.29, 0.717) is 25.0 Å². The minimum Gasteiger partial charge on any atom is -0.397 e. The van der Waals surface area contributed by atoms with Crippen molar-refractivity contribution in [2.24, 2.45) is 29.3 Å². The third-order valence-corrected chi connectivity index (χ3v) is 7.15. The number of ether oxygens (including phenoxy) is 2. The number of nitrogens with two attached hydrogens (primary N) is 1. The second-order valence-electron chi connectivity index (χ2n) is 8.64. The van der Waals surface area contributed by atoms with Crippen molar-refractivity contribution >= 4 is 5.84 Å². The molecule has 2 fully saturated rings. The summed E-state index contributed by atoms with van der Waals surface area (Å²) in [5.74, 6) is 0.362. The Morgan fingerprint density at radius 1 is 1.27 bits per heavy atom. The summed E-state index contributed by atoms with van der Waals surface area (Å²) in [5, 5.41) is 8.85. The standard InChI is InChI=1S/C19H30N4O3/c1-17(2)13-7-6-12-14(16(20)22-24-5)23(4)21-15(12)18(13,3)8-9-19(17)25-10-11-26-19/h13H,6-11H2,1-5H3,(H2,20,22)/t13-,18?/m0/s1. The predicted octanol–water partition coefficient (Wildman–Crippen LogP) is 2.07. The van der Waals surface area contributed by atoms with Gasteiger partial charge >= 0.3 is 0 Å². The molecule has 1 saturated heterocycles. The fraction of sp³-hybridized carbons (Fsp3) is 0.789. The molecule has 4 rings (SSSR count). The number of aryl methyl sites for hydroxylation is 1. The smallest absolute Gasteiger partial charge is 0.188 e. The zero-order valence-corrected chi connectivity index (χ0v) is 16.5. The minimum absolute atomic E-state index is 0.0268. The summed E-state index contributed by atoms with van der Waals surface area (Å²) < 4.78 is 14.2. The number of nitrogens with zero attached hydrogens (tertiary/aromatic N) is 3. The fourth-order valence-electron chi connectivity index (χ4n) is 5.93. The first kappa shape index (κ1) is 17.8. The van der Waals surface area contributed by atoms with Crippen LogP contribution in [-0.2, 0) is 33.2 Å². The van der Waals surface area contributed by atoms with Gasteiger partial charge in [0.2, 0.25) is 0 Å². The van der Waals surface area contributed by atoms with Gasteiger partial charge in [-0.05, 0) is 25.2 Å². The maximum Gasteiger partial charge on any atom is 0.188 e. The number of fused-ring (bicyclic) bond motifs is 3. The molecule has 1 unspecified atom stereocenters. The fourth-order valence-corrected chi connectivity index (χ4v) is 5.93. The Kier molecular flexibility index (Phi) is 3.90. The number of amidine groups is 1. The van der Waals surface area contributed by atoms with Gasteiger partial charge in [-0.2, -0.15) is 5.10 Å². The Hall–Kier alpha value is -1.60. The van der Waals surface area contributed by atoms with Gasteiger partial charge in [-0.3, -0.25) is 4.68 Å². The second-order valence-corrected chi connectivity index (χ2v) is 8.64. The molecule has 2 N–H and O–H groups in total. The van der Waals surface area contributed by atoms with E-state index in [4.69, 9.17) is 25.1 Å². The molecule has 2 heterocycles. The van der Waals surface area contributed by atoms with Crippen LogP contribution in [-0.4, -0.2) is 41.7 Å². The predicted molar refractivity (Wildman–Crippen MR) is 97.8 cm³/mol. The molecule has 1 aromatic rings. The van der Waals surface area contributed by atoms with Crippen molar-refractivity contribution in [1.82, 2.24) is 9.78 Å². The maximum atomic E-state index is 6.17. The normalized spacial score (nSPS) is 32.3. The van der Waals surface area contributed by atoms with Crippen molar-refractivity contribution in [3.8, 4) is 0 Å². The van der Waals surface area contributed by atoms with Crippen LogP contribution in [0.1, 0.15) is 57.0 Å². The van der Waals surface area contributed by atoms with E-state index in [-0.39, 0.29) is 10.8 Å². The molecule has 7 nitrogen and oxygen atoms in total. The molecule has 1 aromatic heterocycles. The van der Waals surface area contributed by atoms with Gasteiger partial charge in [-0.1, -0.05) is 25.9 Å². The molecule has 2 atom stereocenters. The summed E-state index contributed by atoms with van der Waals surface area (Å²) in [5.41, 5.74) is 9.29. The topological polar surface area (TPSA) is 83.9 Å². The molecule has 7 heteroatoms. The van der Waals surface area contributed by atoms with Gasteiger partial charge in [0, 0.05) is 29.9 Å². The van der Waals surface area contributed by atoms with Crippen molar-refractivity contribution < 1.29 is 14.3 Å². The molecule has 3 aliphatic rings. The zero-order chi connectivity index (χ0) is 18.7. The SMILES string of the molecule is CO/N=C(\N)c1c2c(nn1C)C1(C)CCC3(OCCO3)C(C)(C)[C@@H]1CC2. The molecule has 0 bridgehead atoms. The van der Waals surface area contributed by atoms with Crippen LogP contribution in [0.4, 0.5) is 0 Å². The van der Waals surface area contributed by atoms with Crippen molar-refractivity contribution in [2.75, 3.05) is 20.3 Å². The lowest BCUT2D eigenvalue weighted by Crippen LogP contribution is -2.61.